The molecule has 1 fully saturated rings. The molecule has 5 rings (SSSR count). The van der Waals surface area contributed by atoms with Gasteiger partial charge in [-0.25, -0.2) is 9.78 Å². The number of carbonyl (C=O) groups excluding carboxylic acids is 1. The molecule has 0 N–H and O–H groups in total. The number of aromatic nitrogens is 2. The lowest BCUT2D eigenvalue weighted by atomic mass is 10.1. The van der Waals surface area contributed by atoms with E-state index in [-0.39, 0.29) is 12.2 Å². The van der Waals surface area contributed by atoms with Crippen LogP contribution in [0.1, 0.15) is 12.0 Å². The van der Waals surface area contributed by atoms with E-state index in [4.69, 9.17) is 23.7 Å². The molecule has 2 aliphatic heterocycles. The predicted octanol–water partition coefficient (Wildman–Crippen LogP) is 3.38. The summed E-state index contributed by atoms with van der Waals surface area (Å²) >= 11 is 0. The smallest absolute Gasteiger partial charge is 0.414 e. The quantitative estimate of drug-likeness (QED) is 0.482. The number of nitrogens with zero attached hydrogens (tertiary/aromatic N) is 3. The summed E-state index contributed by atoms with van der Waals surface area (Å²) in [4.78, 5) is 22.8. The average molecular weight is 451 g/mol. The summed E-state index contributed by atoms with van der Waals surface area (Å²) in [5.41, 5.74) is 3.50. The molecule has 2 aliphatic rings. The van der Waals surface area contributed by atoms with Crippen LogP contribution in [-0.2, 0) is 15.9 Å². The van der Waals surface area contributed by atoms with Gasteiger partial charge in [0.15, 0.2) is 11.5 Å². The Balaban J connectivity index is 1.11. The zero-order chi connectivity index (χ0) is 22.6. The second kappa shape index (κ2) is 9.50. The predicted molar refractivity (Wildman–Crippen MR) is 120 cm³/mol. The third kappa shape index (κ3) is 4.63. The van der Waals surface area contributed by atoms with Crippen LogP contribution in [0.15, 0.2) is 42.6 Å². The number of hydrogen-bond donors (Lipinski definition) is 0. The fourth-order valence-corrected chi connectivity index (χ4v) is 3.97. The molecule has 172 valence electrons. The van der Waals surface area contributed by atoms with Gasteiger partial charge in [-0.2, -0.15) is 0 Å². The van der Waals surface area contributed by atoms with E-state index in [0.29, 0.717) is 50.4 Å². The molecule has 0 aliphatic carbocycles. The lowest BCUT2D eigenvalue weighted by molar-refractivity contribution is 0.0451. The summed E-state index contributed by atoms with van der Waals surface area (Å²) in [6.07, 6.45) is 2.69. The van der Waals surface area contributed by atoms with Gasteiger partial charge in [0.25, 0.3) is 0 Å². The zero-order valence-electron chi connectivity index (χ0n) is 18.4. The Morgan fingerprint density at radius 3 is 2.88 bits per heavy atom. The molecule has 0 spiro atoms. The Morgan fingerprint density at radius 1 is 1.12 bits per heavy atom. The Bertz CT molecular complexity index is 1150. The largest absolute Gasteiger partial charge is 0.486 e. The normalized spacial score (nSPS) is 17.3. The Labute approximate surface area is 191 Å². The van der Waals surface area contributed by atoms with Gasteiger partial charge in [0.2, 0.25) is 5.88 Å². The van der Waals surface area contributed by atoms with Crippen molar-refractivity contribution < 1.29 is 28.5 Å². The standard InChI is InChI=1S/C24H25N3O6/c1-29-22-7-5-19-23(26-22)16(8-9-25-19)3-2-10-30-15-18-14-27(24(28)33-18)17-4-6-20-21(13-17)32-12-11-31-20/h4-9,13,18H,2-3,10-12,14-15H2,1H3/t18-/m0/s1. The van der Waals surface area contributed by atoms with Crippen molar-refractivity contribution in [2.45, 2.75) is 18.9 Å². The molecular weight excluding hydrogens is 426 g/mol. The highest BCUT2D eigenvalue weighted by atomic mass is 16.6. The molecule has 1 amide bonds. The van der Waals surface area contributed by atoms with E-state index in [0.717, 1.165) is 35.1 Å². The number of hydrogen-bond acceptors (Lipinski definition) is 8. The van der Waals surface area contributed by atoms with Gasteiger partial charge in [0, 0.05) is 24.9 Å². The van der Waals surface area contributed by atoms with Crippen molar-refractivity contribution in [3.63, 3.8) is 0 Å². The number of pyridine rings is 2. The highest BCUT2D eigenvalue weighted by Gasteiger charge is 2.33. The summed E-state index contributed by atoms with van der Waals surface area (Å²) < 4.78 is 27.7. The summed E-state index contributed by atoms with van der Waals surface area (Å²) in [6, 6.07) is 11.1. The van der Waals surface area contributed by atoms with Gasteiger partial charge in [0.1, 0.15) is 19.3 Å². The number of rotatable bonds is 8. The topological polar surface area (TPSA) is 92.2 Å². The maximum Gasteiger partial charge on any atom is 0.414 e. The van der Waals surface area contributed by atoms with Gasteiger partial charge in [-0.3, -0.25) is 9.88 Å². The van der Waals surface area contributed by atoms with Gasteiger partial charge in [-0.05, 0) is 42.7 Å². The number of carbonyl (C=O) groups is 1. The van der Waals surface area contributed by atoms with Gasteiger partial charge >= 0.3 is 6.09 Å². The molecule has 3 aromatic rings. The number of ether oxygens (including phenoxy) is 5. The van der Waals surface area contributed by atoms with Crippen molar-refractivity contribution in [2.24, 2.45) is 0 Å². The van der Waals surface area contributed by atoms with E-state index >= 15 is 0 Å². The molecule has 9 heteroatoms. The second-order valence-corrected chi connectivity index (χ2v) is 7.81. The van der Waals surface area contributed by atoms with Crippen LogP contribution in [0.5, 0.6) is 17.4 Å². The van der Waals surface area contributed by atoms with Crippen molar-refractivity contribution in [3.05, 3.63) is 48.2 Å². The van der Waals surface area contributed by atoms with E-state index in [1.807, 2.05) is 24.3 Å². The highest BCUT2D eigenvalue weighted by molar-refractivity contribution is 5.90. The van der Waals surface area contributed by atoms with Crippen LogP contribution in [0.4, 0.5) is 10.5 Å². The number of methoxy groups -OCH3 is 1. The molecular formula is C24H25N3O6. The highest BCUT2D eigenvalue weighted by Crippen LogP contribution is 2.35. The van der Waals surface area contributed by atoms with Gasteiger partial charge < -0.3 is 23.7 Å². The number of amides is 1. The van der Waals surface area contributed by atoms with Crippen LogP contribution in [0.3, 0.4) is 0 Å². The maximum atomic E-state index is 12.4. The monoisotopic (exact) mass is 451 g/mol. The van der Waals surface area contributed by atoms with Crippen molar-refractivity contribution in [3.8, 4) is 17.4 Å². The van der Waals surface area contributed by atoms with Crippen molar-refractivity contribution >= 4 is 22.8 Å². The van der Waals surface area contributed by atoms with E-state index in [1.165, 1.54) is 0 Å². The minimum Gasteiger partial charge on any atom is -0.486 e. The zero-order valence-corrected chi connectivity index (χ0v) is 18.4. The van der Waals surface area contributed by atoms with Crippen molar-refractivity contribution in [1.29, 1.82) is 0 Å². The Kier molecular flexibility index (Phi) is 6.12. The third-order valence-corrected chi connectivity index (χ3v) is 5.60. The number of benzene rings is 1. The van der Waals surface area contributed by atoms with Gasteiger partial charge in [0.05, 0.1) is 37.0 Å². The van der Waals surface area contributed by atoms with Crippen molar-refractivity contribution in [2.75, 3.05) is 45.0 Å². The molecule has 0 saturated carbocycles. The lowest BCUT2D eigenvalue weighted by Crippen LogP contribution is -2.26. The van der Waals surface area contributed by atoms with Crippen LogP contribution in [0, 0.1) is 0 Å². The van der Waals surface area contributed by atoms with Gasteiger partial charge in [-0.1, -0.05) is 0 Å². The van der Waals surface area contributed by atoms with E-state index in [9.17, 15) is 4.79 Å². The summed E-state index contributed by atoms with van der Waals surface area (Å²) in [6.45, 7) is 2.34. The first-order valence-corrected chi connectivity index (χ1v) is 11.0. The van der Waals surface area contributed by atoms with Crippen molar-refractivity contribution in [1.82, 2.24) is 9.97 Å². The molecule has 4 heterocycles. The maximum absolute atomic E-state index is 12.4. The van der Waals surface area contributed by atoms with E-state index in [1.54, 1.807) is 30.3 Å². The number of cyclic esters (lactones) is 1. The van der Waals surface area contributed by atoms with Crippen LogP contribution < -0.4 is 19.1 Å². The Morgan fingerprint density at radius 2 is 2.00 bits per heavy atom. The SMILES string of the molecule is COc1ccc2nccc(CCCOC[C@@H]3CN(c4ccc5c(c4)OCCO5)C(=O)O3)c2n1. The Hall–Kier alpha value is -3.59. The summed E-state index contributed by atoms with van der Waals surface area (Å²) in [5.74, 6) is 1.90. The fraction of sp³-hybridized carbons (Fsp3) is 0.375. The first-order chi connectivity index (χ1) is 16.2. The van der Waals surface area contributed by atoms with Crippen LogP contribution in [-0.4, -0.2) is 62.2 Å². The minimum absolute atomic E-state index is 0.321. The first-order valence-electron chi connectivity index (χ1n) is 11.0. The molecule has 9 nitrogen and oxygen atoms in total. The minimum atomic E-state index is -0.386. The number of aryl methyl sites for hydroxylation is 1. The molecule has 0 unspecified atom stereocenters. The van der Waals surface area contributed by atoms with E-state index < -0.39 is 0 Å². The van der Waals surface area contributed by atoms with E-state index in [2.05, 4.69) is 9.97 Å². The molecule has 1 saturated heterocycles. The van der Waals surface area contributed by atoms with Crippen LogP contribution >= 0.6 is 0 Å². The second-order valence-electron chi connectivity index (χ2n) is 7.81. The number of anilines is 1. The molecule has 0 radical (unpaired) electrons. The molecule has 1 aromatic carbocycles. The molecule has 33 heavy (non-hydrogen) atoms. The van der Waals surface area contributed by atoms with Crippen LogP contribution in [0.25, 0.3) is 11.0 Å². The third-order valence-electron chi connectivity index (χ3n) is 5.60. The fourth-order valence-electron chi connectivity index (χ4n) is 3.97. The van der Waals surface area contributed by atoms with Crippen LogP contribution in [0.2, 0.25) is 0 Å². The summed E-state index contributed by atoms with van der Waals surface area (Å²) in [5, 5.41) is 0. The lowest BCUT2D eigenvalue weighted by Gasteiger charge is -2.21. The first kappa shape index (κ1) is 21.3. The number of fused-ring (bicyclic) bond motifs is 2. The average Bonchev–Trinajstić information content (AvgIpc) is 3.23. The molecule has 1 atom stereocenters. The molecule has 2 aromatic heterocycles. The van der Waals surface area contributed by atoms with Gasteiger partial charge in [-0.15, -0.1) is 0 Å². The summed E-state index contributed by atoms with van der Waals surface area (Å²) in [7, 11) is 1.60. The molecule has 0 bridgehead atoms.